The summed E-state index contributed by atoms with van der Waals surface area (Å²) in [5.41, 5.74) is 1.25. The second-order valence-corrected chi connectivity index (χ2v) is 7.59. The smallest absolute Gasteiger partial charge is 0.226 e. The number of quaternary nitrogens is 1. The van der Waals surface area contributed by atoms with Gasteiger partial charge in [-0.25, -0.2) is 0 Å². The highest BCUT2D eigenvalue weighted by Crippen LogP contribution is 2.17. The standard InChI is InChI=1S/C19H27N5OS/c26-19-23(15-17-7-3-1-4-8-17)18(22-11-13-25-14-12-22)20-24(19)16-21-9-5-2-6-10-21/h1,3-4,7-8H,2,5-6,9-16H2/p+1. The summed E-state index contributed by atoms with van der Waals surface area (Å²) in [6.07, 6.45) is 3.98. The van der Waals surface area contributed by atoms with E-state index in [-0.39, 0.29) is 0 Å². The van der Waals surface area contributed by atoms with Crippen molar-refractivity contribution in [3.05, 3.63) is 40.7 Å². The minimum Gasteiger partial charge on any atom is -0.378 e. The highest BCUT2D eigenvalue weighted by atomic mass is 32.1. The minimum atomic E-state index is 0.752. The van der Waals surface area contributed by atoms with Crippen LogP contribution in [-0.4, -0.2) is 53.7 Å². The molecule has 2 aliphatic heterocycles. The Morgan fingerprint density at radius 2 is 1.77 bits per heavy atom. The Balaban J connectivity index is 1.63. The topological polar surface area (TPSA) is 39.7 Å². The van der Waals surface area contributed by atoms with E-state index < -0.39 is 0 Å². The molecule has 0 spiro atoms. The van der Waals surface area contributed by atoms with E-state index in [1.807, 2.05) is 4.68 Å². The van der Waals surface area contributed by atoms with Gasteiger partial charge in [0.2, 0.25) is 10.7 Å². The number of aromatic nitrogens is 3. The van der Waals surface area contributed by atoms with Crippen LogP contribution in [-0.2, 0) is 18.0 Å². The van der Waals surface area contributed by atoms with Crippen LogP contribution in [0.4, 0.5) is 5.95 Å². The maximum atomic E-state index is 5.84. The zero-order chi connectivity index (χ0) is 17.8. The number of piperidine rings is 1. The van der Waals surface area contributed by atoms with E-state index in [2.05, 4.69) is 39.8 Å². The molecule has 0 atom stereocenters. The molecule has 0 unspecified atom stereocenters. The Labute approximate surface area is 160 Å². The number of hydrogen-bond acceptors (Lipinski definition) is 4. The lowest BCUT2D eigenvalue weighted by molar-refractivity contribution is -0.928. The van der Waals surface area contributed by atoms with Crippen molar-refractivity contribution in [3.8, 4) is 0 Å². The normalized spacial score (nSPS) is 19.0. The summed E-state index contributed by atoms with van der Waals surface area (Å²) >= 11 is 5.84. The number of rotatable bonds is 5. The van der Waals surface area contributed by atoms with Crippen molar-refractivity contribution >= 4 is 18.2 Å². The molecule has 0 radical (unpaired) electrons. The highest BCUT2D eigenvalue weighted by Gasteiger charge is 2.22. The molecule has 26 heavy (non-hydrogen) atoms. The third kappa shape index (κ3) is 4.00. The molecule has 0 bridgehead atoms. The fourth-order valence-corrected chi connectivity index (χ4v) is 4.11. The molecular formula is C19H28N5OS+. The highest BCUT2D eigenvalue weighted by molar-refractivity contribution is 7.71. The lowest BCUT2D eigenvalue weighted by Gasteiger charge is -2.27. The number of morpholine rings is 1. The molecule has 0 saturated carbocycles. The van der Waals surface area contributed by atoms with Gasteiger partial charge in [0.25, 0.3) is 0 Å². The fourth-order valence-electron chi connectivity index (χ4n) is 3.86. The third-order valence-corrected chi connectivity index (χ3v) is 5.75. The van der Waals surface area contributed by atoms with E-state index in [4.69, 9.17) is 22.1 Å². The predicted octanol–water partition coefficient (Wildman–Crippen LogP) is 1.33. The van der Waals surface area contributed by atoms with Gasteiger partial charge < -0.3 is 14.5 Å². The van der Waals surface area contributed by atoms with Gasteiger partial charge in [-0.05, 0) is 37.0 Å². The summed E-state index contributed by atoms with van der Waals surface area (Å²) in [4.78, 5) is 3.90. The van der Waals surface area contributed by atoms with Crippen molar-refractivity contribution in [2.45, 2.75) is 32.5 Å². The monoisotopic (exact) mass is 374 g/mol. The van der Waals surface area contributed by atoms with Gasteiger partial charge in [-0.3, -0.25) is 4.57 Å². The zero-order valence-electron chi connectivity index (χ0n) is 15.3. The molecular weight excluding hydrogens is 346 g/mol. The summed E-state index contributed by atoms with van der Waals surface area (Å²) in [7, 11) is 0. The molecule has 2 aromatic rings. The van der Waals surface area contributed by atoms with Crippen LogP contribution in [0.2, 0.25) is 0 Å². The van der Waals surface area contributed by atoms with E-state index in [9.17, 15) is 0 Å². The quantitative estimate of drug-likeness (QED) is 0.802. The summed E-state index contributed by atoms with van der Waals surface area (Å²) in [6.45, 7) is 7.33. The zero-order valence-corrected chi connectivity index (χ0v) is 16.1. The first-order chi connectivity index (χ1) is 12.8. The van der Waals surface area contributed by atoms with Crippen LogP contribution in [0, 0.1) is 4.77 Å². The fraction of sp³-hybridized carbons (Fsp3) is 0.579. The minimum absolute atomic E-state index is 0.752. The largest absolute Gasteiger partial charge is 0.378 e. The second-order valence-electron chi connectivity index (χ2n) is 7.22. The van der Waals surface area contributed by atoms with Crippen LogP contribution in [0.3, 0.4) is 0 Å². The Morgan fingerprint density at radius 1 is 1.04 bits per heavy atom. The number of likely N-dealkylation sites (tertiary alicyclic amines) is 1. The molecule has 1 aromatic carbocycles. The Morgan fingerprint density at radius 3 is 2.50 bits per heavy atom. The lowest BCUT2D eigenvalue weighted by Crippen LogP contribution is -3.12. The van der Waals surface area contributed by atoms with Crippen LogP contribution in [0.25, 0.3) is 0 Å². The van der Waals surface area contributed by atoms with Crippen LogP contribution in [0.1, 0.15) is 24.8 Å². The van der Waals surface area contributed by atoms with Crippen molar-refractivity contribution in [3.63, 3.8) is 0 Å². The second kappa shape index (κ2) is 8.33. The molecule has 4 rings (SSSR count). The van der Waals surface area contributed by atoms with Gasteiger partial charge in [0.1, 0.15) is 0 Å². The van der Waals surface area contributed by atoms with Crippen molar-refractivity contribution in [1.82, 2.24) is 14.3 Å². The summed E-state index contributed by atoms with van der Waals surface area (Å²) in [5, 5.41) is 4.95. The Bertz CT molecular complexity index is 760. The van der Waals surface area contributed by atoms with E-state index in [0.717, 1.165) is 50.2 Å². The first kappa shape index (κ1) is 17.7. The molecule has 2 fully saturated rings. The van der Waals surface area contributed by atoms with Gasteiger partial charge >= 0.3 is 0 Å². The summed E-state index contributed by atoms with van der Waals surface area (Å²) < 4.78 is 10.6. The molecule has 140 valence electrons. The van der Waals surface area contributed by atoms with Gasteiger partial charge in [-0.1, -0.05) is 30.3 Å². The van der Waals surface area contributed by atoms with Gasteiger partial charge in [-0.2, -0.15) is 4.68 Å². The van der Waals surface area contributed by atoms with Crippen molar-refractivity contribution in [1.29, 1.82) is 0 Å². The van der Waals surface area contributed by atoms with Crippen molar-refractivity contribution in [2.75, 3.05) is 44.3 Å². The number of nitrogens with one attached hydrogen (secondary N) is 1. The van der Waals surface area contributed by atoms with E-state index >= 15 is 0 Å². The Kier molecular flexibility index (Phi) is 5.67. The van der Waals surface area contributed by atoms with Crippen LogP contribution < -0.4 is 9.80 Å². The molecule has 7 heteroatoms. The van der Waals surface area contributed by atoms with Crippen LogP contribution in [0.15, 0.2) is 30.3 Å². The Hall–Kier alpha value is -1.70. The number of ether oxygens (including phenoxy) is 1. The van der Waals surface area contributed by atoms with E-state index in [1.54, 1.807) is 4.90 Å². The first-order valence-electron chi connectivity index (χ1n) is 9.69. The maximum absolute atomic E-state index is 5.84. The van der Waals surface area contributed by atoms with Gasteiger partial charge in [-0.15, -0.1) is 5.10 Å². The molecule has 0 amide bonds. The maximum Gasteiger partial charge on any atom is 0.226 e. The number of anilines is 1. The van der Waals surface area contributed by atoms with Gasteiger partial charge in [0, 0.05) is 13.1 Å². The van der Waals surface area contributed by atoms with E-state index in [0.29, 0.717) is 0 Å². The molecule has 0 aliphatic carbocycles. The number of benzene rings is 1. The molecule has 1 aromatic heterocycles. The summed E-state index contributed by atoms with van der Waals surface area (Å²) in [6, 6.07) is 10.5. The number of nitrogens with zero attached hydrogens (tertiary/aromatic N) is 4. The molecule has 2 saturated heterocycles. The van der Waals surface area contributed by atoms with Crippen LogP contribution in [0.5, 0.6) is 0 Å². The molecule has 1 N–H and O–H groups in total. The van der Waals surface area contributed by atoms with Gasteiger partial charge in [0.05, 0.1) is 32.8 Å². The SMILES string of the molecule is S=c1n(C[NH+]2CCCCC2)nc(N2CCOCC2)n1Cc1ccccc1. The summed E-state index contributed by atoms with van der Waals surface area (Å²) in [5.74, 6) is 0.985. The first-order valence-corrected chi connectivity index (χ1v) is 10.1. The predicted molar refractivity (Wildman–Crippen MR) is 104 cm³/mol. The third-order valence-electron chi connectivity index (χ3n) is 5.31. The average molecular weight is 375 g/mol. The van der Waals surface area contributed by atoms with Crippen molar-refractivity contribution < 1.29 is 9.64 Å². The molecule has 3 heterocycles. The van der Waals surface area contributed by atoms with Gasteiger partial charge in [0.15, 0.2) is 6.67 Å². The molecule has 2 aliphatic rings. The average Bonchev–Trinajstić information content (AvgIpc) is 3.00. The molecule has 6 nitrogen and oxygen atoms in total. The lowest BCUT2D eigenvalue weighted by atomic mass is 10.1. The van der Waals surface area contributed by atoms with E-state index in [1.165, 1.54) is 37.9 Å². The number of hydrogen-bond donors (Lipinski definition) is 1. The van der Waals surface area contributed by atoms with Crippen LogP contribution >= 0.6 is 12.2 Å². The van der Waals surface area contributed by atoms with Crippen molar-refractivity contribution in [2.24, 2.45) is 0 Å².